The molecule has 0 fully saturated rings. The predicted octanol–water partition coefficient (Wildman–Crippen LogP) is 2.84. The molecule has 4 rings (SSSR count). The van der Waals surface area contributed by atoms with Crippen molar-refractivity contribution in [3.05, 3.63) is 88.4 Å². The molecule has 0 saturated carbocycles. The lowest BCUT2D eigenvalue weighted by atomic mass is 9.88. The molecule has 0 unspecified atom stereocenters. The number of rotatable bonds is 10. The molecule has 1 atom stereocenters. The van der Waals surface area contributed by atoms with Crippen LogP contribution in [0.15, 0.2) is 59.0 Å². The molecule has 0 aliphatic heterocycles. The zero-order chi connectivity index (χ0) is 31.9. The van der Waals surface area contributed by atoms with Crippen molar-refractivity contribution in [2.45, 2.75) is 25.1 Å². The summed E-state index contributed by atoms with van der Waals surface area (Å²) in [5.74, 6) is -6.34. The monoisotopic (exact) mass is 605 g/mol. The SMILES string of the molecule is N[C@@H](Cc1ccc(OCCOC(=O)CC(=O)c2cc3c(o2)C(=O)c2ccccc2C3=O)cc1)C(=O)O.O=C(O)C(F)(F)F. The fraction of sp³-hybridized carbons (Fsp3) is 0.214. The largest absolute Gasteiger partial charge is 0.490 e. The van der Waals surface area contributed by atoms with Gasteiger partial charge in [0.25, 0.3) is 0 Å². The molecule has 1 aliphatic carbocycles. The Bertz CT molecular complexity index is 1510. The Morgan fingerprint density at radius 2 is 1.47 bits per heavy atom. The normalized spacial score (nSPS) is 12.7. The molecule has 1 aromatic heterocycles. The van der Waals surface area contributed by atoms with Crippen molar-refractivity contribution in [2.75, 3.05) is 13.2 Å². The van der Waals surface area contributed by atoms with Crippen molar-refractivity contribution in [3.63, 3.8) is 0 Å². The number of carbonyl (C=O) groups excluding carboxylic acids is 4. The third kappa shape index (κ3) is 8.36. The van der Waals surface area contributed by atoms with Crippen molar-refractivity contribution in [1.82, 2.24) is 0 Å². The molecule has 15 heteroatoms. The average Bonchev–Trinajstić information content (AvgIpc) is 3.41. The number of nitrogens with two attached hydrogens (primary N) is 1. The summed E-state index contributed by atoms with van der Waals surface area (Å²) in [4.78, 5) is 69.5. The Hall–Kier alpha value is -5.31. The van der Waals surface area contributed by atoms with Crippen LogP contribution in [0.1, 0.15) is 54.6 Å². The number of benzene rings is 2. The van der Waals surface area contributed by atoms with E-state index < -0.39 is 53.9 Å². The lowest BCUT2D eigenvalue weighted by molar-refractivity contribution is -0.192. The first-order valence-corrected chi connectivity index (χ1v) is 12.2. The molecule has 1 heterocycles. The van der Waals surface area contributed by atoms with Crippen LogP contribution in [0.25, 0.3) is 0 Å². The number of alkyl halides is 3. The van der Waals surface area contributed by atoms with E-state index in [4.69, 9.17) is 34.6 Å². The molecule has 12 nitrogen and oxygen atoms in total. The number of hydrogen-bond donors (Lipinski definition) is 3. The maximum absolute atomic E-state index is 12.6. The Kier molecular flexibility index (Phi) is 10.2. The highest BCUT2D eigenvalue weighted by Gasteiger charge is 2.38. The fourth-order valence-electron chi connectivity index (χ4n) is 3.66. The minimum Gasteiger partial charge on any atom is -0.490 e. The Labute approximate surface area is 239 Å². The lowest BCUT2D eigenvalue weighted by Crippen LogP contribution is -2.32. The number of Topliss-reactive ketones (excluding diaryl/α,β-unsaturated/α-hetero) is 1. The van der Waals surface area contributed by atoms with E-state index in [0.29, 0.717) is 5.75 Å². The maximum Gasteiger partial charge on any atom is 0.490 e. The predicted molar refractivity (Wildman–Crippen MR) is 137 cm³/mol. The topological polar surface area (TPSA) is 200 Å². The lowest BCUT2D eigenvalue weighted by Gasteiger charge is -2.11. The van der Waals surface area contributed by atoms with Crippen molar-refractivity contribution in [2.24, 2.45) is 5.73 Å². The van der Waals surface area contributed by atoms with Gasteiger partial charge < -0.3 is 29.8 Å². The van der Waals surface area contributed by atoms with E-state index in [9.17, 15) is 37.1 Å². The number of ketones is 3. The van der Waals surface area contributed by atoms with Crippen LogP contribution in [0.4, 0.5) is 13.2 Å². The summed E-state index contributed by atoms with van der Waals surface area (Å²) in [6.45, 7) is -0.108. The van der Waals surface area contributed by atoms with Crippen LogP contribution in [0, 0.1) is 0 Å². The van der Waals surface area contributed by atoms with Crippen molar-refractivity contribution in [3.8, 4) is 5.75 Å². The van der Waals surface area contributed by atoms with E-state index in [1.54, 1.807) is 36.4 Å². The number of carboxylic acid groups (broad SMARTS) is 2. The Morgan fingerprint density at radius 1 is 0.884 bits per heavy atom. The van der Waals surface area contributed by atoms with Gasteiger partial charge in [-0.3, -0.25) is 24.0 Å². The summed E-state index contributed by atoms with van der Waals surface area (Å²) in [5, 5.41) is 16.0. The van der Waals surface area contributed by atoms with Gasteiger partial charge in [0.2, 0.25) is 11.6 Å². The van der Waals surface area contributed by atoms with Crippen LogP contribution in [0.3, 0.4) is 0 Å². The minimum atomic E-state index is -5.08. The van der Waals surface area contributed by atoms with E-state index in [0.717, 1.165) is 5.56 Å². The van der Waals surface area contributed by atoms with Gasteiger partial charge in [0.1, 0.15) is 31.4 Å². The second-order valence-corrected chi connectivity index (χ2v) is 8.82. The second kappa shape index (κ2) is 13.6. The molecule has 4 N–H and O–H groups in total. The van der Waals surface area contributed by atoms with Crippen LogP contribution < -0.4 is 10.5 Å². The van der Waals surface area contributed by atoms with E-state index in [1.807, 2.05) is 0 Å². The first kappa shape index (κ1) is 32.2. The number of fused-ring (bicyclic) bond motifs is 2. The fourth-order valence-corrected chi connectivity index (χ4v) is 3.66. The van der Waals surface area contributed by atoms with Gasteiger partial charge in [0.05, 0.1) is 5.56 Å². The highest BCUT2D eigenvalue weighted by atomic mass is 19.4. The standard InChI is InChI=1S/C26H21NO9.C2HF3O2/c27-19(26(32)33)11-14-5-7-15(8-6-14)34-9-10-35-22(29)13-20(28)21-12-18-23(30)16-3-1-2-4-17(16)24(31)25(18)36-21;3-2(4,5)1(6)7/h1-8,12,19H,9-11,13,27H2,(H,32,33);(H,6,7)/t19-;/m0./s1. The first-order valence-electron chi connectivity index (χ1n) is 12.2. The molecule has 0 spiro atoms. The second-order valence-electron chi connectivity index (χ2n) is 8.82. The van der Waals surface area contributed by atoms with Gasteiger partial charge in [-0.05, 0) is 30.2 Å². The number of carbonyl (C=O) groups is 6. The molecule has 0 radical (unpaired) electrons. The van der Waals surface area contributed by atoms with E-state index in [-0.39, 0.29) is 47.8 Å². The molecule has 43 heavy (non-hydrogen) atoms. The summed E-state index contributed by atoms with van der Waals surface area (Å²) in [6, 6.07) is 13.1. The summed E-state index contributed by atoms with van der Waals surface area (Å²) < 4.78 is 47.6. The molecular formula is C28H22F3NO11. The number of ether oxygens (including phenoxy) is 2. The summed E-state index contributed by atoms with van der Waals surface area (Å²) in [7, 11) is 0. The first-order chi connectivity index (χ1) is 20.2. The maximum atomic E-state index is 12.6. The van der Waals surface area contributed by atoms with Gasteiger partial charge in [-0.15, -0.1) is 0 Å². The third-order valence-electron chi connectivity index (χ3n) is 5.73. The van der Waals surface area contributed by atoms with Gasteiger partial charge in [-0.25, -0.2) is 4.79 Å². The molecule has 3 aromatic rings. The summed E-state index contributed by atoms with van der Waals surface area (Å²) in [5.41, 5.74) is 6.64. The van der Waals surface area contributed by atoms with Crippen molar-refractivity contribution >= 4 is 35.3 Å². The van der Waals surface area contributed by atoms with Gasteiger partial charge in [-0.2, -0.15) is 13.2 Å². The van der Waals surface area contributed by atoms with Crippen LogP contribution in [0.2, 0.25) is 0 Å². The van der Waals surface area contributed by atoms with Gasteiger partial charge in [-0.1, -0.05) is 36.4 Å². The zero-order valence-corrected chi connectivity index (χ0v) is 21.9. The van der Waals surface area contributed by atoms with Crippen LogP contribution >= 0.6 is 0 Å². The molecule has 0 saturated heterocycles. The number of esters is 1. The highest BCUT2D eigenvalue weighted by Crippen LogP contribution is 2.30. The molecular weight excluding hydrogens is 583 g/mol. The van der Waals surface area contributed by atoms with Crippen LogP contribution in [-0.2, 0) is 25.5 Å². The van der Waals surface area contributed by atoms with Crippen LogP contribution in [0.5, 0.6) is 5.75 Å². The van der Waals surface area contributed by atoms with Crippen molar-refractivity contribution < 1.29 is 66.0 Å². The third-order valence-corrected chi connectivity index (χ3v) is 5.73. The highest BCUT2D eigenvalue weighted by molar-refractivity contribution is 6.28. The summed E-state index contributed by atoms with van der Waals surface area (Å²) >= 11 is 0. The number of aliphatic carboxylic acids is 2. The molecule has 226 valence electrons. The van der Waals surface area contributed by atoms with Gasteiger partial charge in [0, 0.05) is 11.1 Å². The number of carboxylic acids is 2. The van der Waals surface area contributed by atoms with Crippen molar-refractivity contribution in [1.29, 1.82) is 0 Å². The molecule has 0 amide bonds. The van der Waals surface area contributed by atoms with E-state index >= 15 is 0 Å². The number of furan rings is 1. The number of hydrogen-bond acceptors (Lipinski definition) is 10. The Morgan fingerprint density at radius 3 is 2.02 bits per heavy atom. The average molecular weight is 605 g/mol. The quantitative estimate of drug-likeness (QED) is 0.103. The van der Waals surface area contributed by atoms with Gasteiger partial charge >= 0.3 is 24.1 Å². The van der Waals surface area contributed by atoms with Gasteiger partial charge in [0.15, 0.2) is 17.3 Å². The Balaban J connectivity index is 0.000000646. The molecule has 0 bridgehead atoms. The zero-order valence-electron chi connectivity index (χ0n) is 21.9. The smallest absolute Gasteiger partial charge is 0.490 e. The van der Waals surface area contributed by atoms with Crippen LogP contribution in [-0.4, -0.2) is 70.9 Å². The molecule has 2 aromatic carbocycles. The minimum absolute atomic E-state index is 0.0141. The number of halogens is 3. The summed E-state index contributed by atoms with van der Waals surface area (Å²) in [6.07, 6.45) is -5.55. The van der Waals surface area contributed by atoms with E-state index in [2.05, 4.69) is 0 Å². The molecule has 1 aliphatic rings. The van der Waals surface area contributed by atoms with E-state index in [1.165, 1.54) is 18.2 Å².